The van der Waals surface area contributed by atoms with E-state index in [0.717, 1.165) is 11.1 Å². The van der Waals surface area contributed by atoms with Crippen LogP contribution in [0.4, 0.5) is 0 Å². The molecule has 1 aliphatic heterocycles. The Morgan fingerprint density at radius 3 is 2.51 bits per heavy atom. The number of hydrogen-bond donors (Lipinski definition) is 0. The molecule has 0 radical (unpaired) electrons. The Kier molecular flexibility index (Phi) is 7.50. The van der Waals surface area contributed by atoms with Crippen LogP contribution in [0.25, 0.3) is 6.08 Å². The van der Waals surface area contributed by atoms with Crippen molar-refractivity contribution in [1.29, 1.82) is 0 Å². The Morgan fingerprint density at radius 1 is 1.14 bits per heavy atom. The first-order valence-corrected chi connectivity index (χ1v) is 12.7. The molecule has 0 aliphatic carbocycles. The number of halogens is 2. The Bertz CT molecular complexity index is 1500. The van der Waals surface area contributed by atoms with Crippen LogP contribution in [0.15, 0.2) is 57.5 Å². The number of carbonyl (C=O) groups excluding carboxylic acids is 1. The predicted molar refractivity (Wildman–Crippen MR) is 139 cm³/mol. The van der Waals surface area contributed by atoms with Crippen molar-refractivity contribution < 1.29 is 14.3 Å². The van der Waals surface area contributed by atoms with E-state index in [-0.39, 0.29) is 12.2 Å². The highest BCUT2D eigenvalue weighted by atomic mass is 35.5. The highest BCUT2D eigenvalue weighted by Gasteiger charge is 2.33. The summed E-state index contributed by atoms with van der Waals surface area (Å²) < 4.78 is 13.0. The molecular formula is C26H24Cl2N2O4S. The fourth-order valence-corrected chi connectivity index (χ4v) is 5.58. The van der Waals surface area contributed by atoms with E-state index in [9.17, 15) is 9.59 Å². The van der Waals surface area contributed by atoms with E-state index in [1.165, 1.54) is 11.3 Å². The summed E-state index contributed by atoms with van der Waals surface area (Å²) in [5, 5.41) is 0.784. The lowest BCUT2D eigenvalue weighted by Gasteiger charge is -2.24. The third kappa shape index (κ3) is 4.94. The average molecular weight is 531 g/mol. The number of nitrogens with zero attached hydrogens (tertiary/aromatic N) is 2. The Hall–Kier alpha value is -2.87. The maximum absolute atomic E-state index is 13.7. The summed E-state index contributed by atoms with van der Waals surface area (Å²) in [5.74, 6) is -0.0447. The molecule has 0 saturated carbocycles. The number of rotatable bonds is 6. The first-order chi connectivity index (χ1) is 16.7. The number of allylic oxidation sites excluding steroid dienone is 1. The molecule has 0 amide bonds. The number of thiazole rings is 1. The van der Waals surface area contributed by atoms with Crippen LogP contribution in [0, 0.1) is 6.92 Å². The molecule has 9 heteroatoms. The molecule has 4 rings (SSSR count). The smallest absolute Gasteiger partial charge is 0.338 e. The zero-order valence-corrected chi connectivity index (χ0v) is 22.1. The van der Waals surface area contributed by atoms with Crippen LogP contribution >= 0.6 is 34.5 Å². The molecule has 2 heterocycles. The Labute approximate surface area is 216 Å². The number of esters is 1. The minimum absolute atomic E-state index is 0.219. The maximum atomic E-state index is 13.7. The summed E-state index contributed by atoms with van der Waals surface area (Å²) in [6.07, 6.45) is 1.70. The van der Waals surface area contributed by atoms with Gasteiger partial charge in [0.2, 0.25) is 0 Å². The van der Waals surface area contributed by atoms with Crippen molar-refractivity contribution in [3.63, 3.8) is 0 Å². The number of benzene rings is 2. The molecule has 35 heavy (non-hydrogen) atoms. The van der Waals surface area contributed by atoms with Crippen molar-refractivity contribution in [2.45, 2.75) is 33.7 Å². The zero-order valence-electron chi connectivity index (χ0n) is 19.7. The molecule has 6 nitrogen and oxygen atoms in total. The van der Waals surface area contributed by atoms with Gasteiger partial charge in [-0.25, -0.2) is 9.79 Å². The van der Waals surface area contributed by atoms with Crippen molar-refractivity contribution in [3.8, 4) is 5.75 Å². The molecule has 182 valence electrons. The lowest BCUT2D eigenvalue weighted by molar-refractivity contribution is -0.139. The van der Waals surface area contributed by atoms with Crippen LogP contribution in [-0.2, 0) is 9.53 Å². The van der Waals surface area contributed by atoms with E-state index >= 15 is 0 Å². The summed E-state index contributed by atoms with van der Waals surface area (Å²) in [5.41, 5.74) is 3.02. The van der Waals surface area contributed by atoms with E-state index in [1.807, 2.05) is 38.1 Å². The molecule has 0 spiro atoms. The second-order valence-electron chi connectivity index (χ2n) is 7.95. The van der Waals surface area contributed by atoms with Crippen molar-refractivity contribution in [3.05, 3.63) is 94.1 Å². The number of ether oxygens (including phenoxy) is 2. The minimum atomic E-state index is -0.664. The highest BCUT2D eigenvalue weighted by Crippen LogP contribution is 2.33. The average Bonchev–Trinajstić information content (AvgIpc) is 3.10. The quantitative estimate of drug-likeness (QED) is 0.428. The Balaban J connectivity index is 1.97. The minimum Gasteiger partial charge on any atom is -0.492 e. The summed E-state index contributed by atoms with van der Waals surface area (Å²) in [7, 11) is 0. The molecule has 0 N–H and O–H groups in total. The summed E-state index contributed by atoms with van der Waals surface area (Å²) in [6.45, 7) is 7.96. The third-order valence-corrected chi connectivity index (χ3v) is 7.00. The van der Waals surface area contributed by atoms with Crippen molar-refractivity contribution in [2.24, 2.45) is 4.99 Å². The third-order valence-electron chi connectivity index (χ3n) is 5.52. The van der Waals surface area contributed by atoms with Crippen LogP contribution in [0.1, 0.15) is 43.5 Å². The van der Waals surface area contributed by atoms with Gasteiger partial charge in [0.15, 0.2) is 4.80 Å². The number of hydrogen-bond acceptors (Lipinski definition) is 6. The van der Waals surface area contributed by atoms with Gasteiger partial charge in [-0.2, -0.15) is 0 Å². The second kappa shape index (κ2) is 10.4. The van der Waals surface area contributed by atoms with Gasteiger partial charge in [-0.15, -0.1) is 0 Å². The van der Waals surface area contributed by atoms with Crippen LogP contribution in [-0.4, -0.2) is 23.8 Å². The maximum Gasteiger partial charge on any atom is 0.338 e. The molecule has 0 bridgehead atoms. The van der Waals surface area contributed by atoms with Crippen LogP contribution < -0.4 is 19.6 Å². The molecular weight excluding hydrogens is 507 g/mol. The fourth-order valence-electron chi connectivity index (χ4n) is 3.98. The largest absolute Gasteiger partial charge is 0.492 e. The zero-order chi connectivity index (χ0) is 25.3. The summed E-state index contributed by atoms with van der Waals surface area (Å²) in [4.78, 5) is 31.8. The standard InChI is InChI=1S/C26H24Cl2N2O4S/c1-5-33-23-17(11-18(27)13-19(23)28)12-20-24(31)30-22(16-9-7-14(3)8-10-16)21(25(32)34-6-2)15(4)29-26(30)35-20/h7-13,22H,5-6H2,1-4H3/b20-12-/t22-/m0/s1. The van der Waals surface area contributed by atoms with E-state index < -0.39 is 12.0 Å². The van der Waals surface area contributed by atoms with E-state index in [2.05, 4.69) is 4.99 Å². The van der Waals surface area contributed by atoms with Crippen molar-refractivity contribution in [1.82, 2.24) is 4.57 Å². The Morgan fingerprint density at radius 2 is 1.86 bits per heavy atom. The van der Waals surface area contributed by atoms with Gasteiger partial charge in [-0.05, 0) is 51.5 Å². The molecule has 3 aromatic rings. The number of carbonyl (C=O) groups is 1. The fraction of sp³-hybridized carbons (Fsp3) is 0.269. The van der Waals surface area contributed by atoms with Gasteiger partial charge >= 0.3 is 5.97 Å². The molecule has 1 aliphatic rings. The van der Waals surface area contributed by atoms with Gasteiger partial charge in [-0.1, -0.05) is 64.4 Å². The van der Waals surface area contributed by atoms with Gasteiger partial charge in [-0.3, -0.25) is 9.36 Å². The van der Waals surface area contributed by atoms with Gasteiger partial charge in [0.25, 0.3) is 5.56 Å². The van der Waals surface area contributed by atoms with Gasteiger partial charge < -0.3 is 9.47 Å². The van der Waals surface area contributed by atoms with Gasteiger partial charge in [0.05, 0.1) is 40.1 Å². The molecule has 1 atom stereocenters. The van der Waals surface area contributed by atoms with E-state index in [0.29, 0.717) is 48.6 Å². The number of aromatic nitrogens is 1. The van der Waals surface area contributed by atoms with Gasteiger partial charge in [0, 0.05) is 10.6 Å². The highest BCUT2D eigenvalue weighted by molar-refractivity contribution is 7.07. The normalized spacial score (nSPS) is 15.6. The molecule has 1 aromatic heterocycles. The summed E-state index contributed by atoms with van der Waals surface area (Å²) >= 11 is 13.8. The van der Waals surface area contributed by atoms with Gasteiger partial charge in [0.1, 0.15) is 5.75 Å². The van der Waals surface area contributed by atoms with Crippen molar-refractivity contribution in [2.75, 3.05) is 13.2 Å². The molecule has 0 saturated heterocycles. The van der Waals surface area contributed by atoms with E-state index in [4.69, 9.17) is 32.7 Å². The van der Waals surface area contributed by atoms with Crippen LogP contribution in [0.5, 0.6) is 5.75 Å². The van der Waals surface area contributed by atoms with E-state index in [1.54, 1.807) is 36.6 Å². The van der Waals surface area contributed by atoms with Crippen LogP contribution in [0.3, 0.4) is 0 Å². The predicted octanol–water partition coefficient (Wildman–Crippen LogP) is 4.81. The first kappa shape index (κ1) is 25.2. The lowest BCUT2D eigenvalue weighted by Crippen LogP contribution is -2.39. The first-order valence-electron chi connectivity index (χ1n) is 11.1. The van der Waals surface area contributed by atoms with Crippen LogP contribution in [0.2, 0.25) is 10.0 Å². The monoisotopic (exact) mass is 530 g/mol. The summed E-state index contributed by atoms with van der Waals surface area (Å²) in [6, 6.07) is 10.4. The molecule has 0 fully saturated rings. The SMILES string of the molecule is CCOC(=O)C1=C(C)N=c2s/c(=C\c3cc(Cl)cc(Cl)c3OCC)c(=O)n2[C@H]1c1ccc(C)cc1. The lowest BCUT2D eigenvalue weighted by atomic mass is 9.95. The molecule has 0 unspecified atom stereocenters. The molecule has 2 aromatic carbocycles. The van der Waals surface area contributed by atoms with Crippen molar-refractivity contribution >= 4 is 46.6 Å². The topological polar surface area (TPSA) is 69.9 Å². The number of aryl methyl sites for hydroxylation is 1. The second-order valence-corrected chi connectivity index (χ2v) is 9.80. The number of fused-ring (bicyclic) bond motifs is 1.